The molecule has 0 aliphatic carbocycles. The van der Waals surface area contributed by atoms with Gasteiger partial charge in [-0.15, -0.1) is 0 Å². The molecule has 0 aliphatic heterocycles. The summed E-state index contributed by atoms with van der Waals surface area (Å²) in [4.78, 5) is 22.3. The van der Waals surface area contributed by atoms with Gasteiger partial charge in [0.15, 0.2) is 0 Å². The largest absolute Gasteiger partial charge is 0.462 e. The number of benzene rings is 1. The van der Waals surface area contributed by atoms with Gasteiger partial charge in [-0.2, -0.15) is 0 Å². The van der Waals surface area contributed by atoms with Crippen molar-refractivity contribution in [2.24, 2.45) is 0 Å². The molecular weight excluding hydrogens is 236 g/mol. The number of aliphatic hydroxyl groups is 1. The van der Waals surface area contributed by atoms with E-state index in [1.54, 1.807) is 31.2 Å². The highest BCUT2D eigenvalue weighted by Crippen LogP contribution is 2.14. The SMILES string of the molecule is CCOC(=O)c1ccccc1NNC(C)=O.CO. The summed E-state index contributed by atoms with van der Waals surface area (Å²) < 4.78 is 4.88. The van der Waals surface area contributed by atoms with E-state index in [0.717, 1.165) is 7.11 Å². The van der Waals surface area contributed by atoms with Crippen molar-refractivity contribution in [1.82, 2.24) is 5.43 Å². The van der Waals surface area contributed by atoms with Crippen LogP contribution in [0.4, 0.5) is 5.69 Å². The summed E-state index contributed by atoms with van der Waals surface area (Å²) in [7, 11) is 1.00. The Morgan fingerprint density at radius 1 is 1.28 bits per heavy atom. The normalized spacial score (nSPS) is 8.67. The number of ether oxygens (including phenoxy) is 1. The molecule has 1 amide bonds. The zero-order valence-electron chi connectivity index (χ0n) is 10.7. The van der Waals surface area contributed by atoms with Crippen molar-refractivity contribution in [2.75, 3.05) is 19.1 Å². The van der Waals surface area contributed by atoms with Crippen LogP contribution in [-0.2, 0) is 9.53 Å². The number of rotatable bonds is 4. The molecule has 0 aliphatic rings. The van der Waals surface area contributed by atoms with Gasteiger partial charge in [0, 0.05) is 14.0 Å². The molecule has 3 N–H and O–H groups in total. The highest BCUT2D eigenvalue weighted by atomic mass is 16.5. The first-order chi connectivity index (χ1) is 8.65. The summed E-state index contributed by atoms with van der Waals surface area (Å²) in [6.45, 7) is 3.43. The van der Waals surface area contributed by atoms with Crippen LogP contribution in [0.3, 0.4) is 0 Å². The molecule has 1 rings (SSSR count). The molecule has 0 unspecified atom stereocenters. The molecule has 1 aromatic carbocycles. The number of carbonyl (C=O) groups excluding carboxylic acids is 2. The molecule has 0 fully saturated rings. The van der Waals surface area contributed by atoms with E-state index in [2.05, 4.69) is 10.9 Å². The van der Waals surface area contributed by atoms with Gasteiger partial charge in [0.1, 0.15) is 0 Å². The Morgan fingerprint density at radius 3 is 2.44 bits per heavy atom. The first kappa shape index (κ1) is 15.9. The minimum Gasteiger partial charge on any atom is -0.462 e. The van der Waals surface area contributed by atoms with Gasteiger partial charge in [-0.3, -0.25) is 15.6 Å². The van der Waals surface area contributed by atoms with Crippen LogP contribution in [0.1, 0.15) is 24.2 Å². The van der Waals surface area contributed by atoms with Crippen molar-refractivity contribution in [1.29, 1.82) is 0 Å². The lowest BCUT2D eigenvalue weighted by atomic mass is 10.2. The van der Waals surface area contributed by atoms with Crippen LogP contribution in [0.2, 0.25) is 0 Å². The van der Waals surface area contributed by atoms with Crippen molar-refractivity contribution >= 4 is 17.6 Å². The summed E-state index contributed by atoms with van der Waals surface area (Å²) in [5.74, 6) is -0.658. The molecule has 18 heavy (non-hydrogen) atoms. The molecule has 0 bridgehead atoms. The number of amides is 1. The summed E-state index contributed by atoms with van der Waals surface area (Å²) in [5, 5.41) is 7.00. The van der Waals surface area contributed by atoms with E-state index in [0.29, 0.717) is 17.9 Å². The second-order valence-corrected chi connectivity index (χ2v) is 3.07. The van der Waals surface area contributed by atoms with Gasteiger partial charge in [-0.25, -0.2) is 4.79 Å². The van der Waals surface area contributed by atoms with Gasteiger partial charge >= 0.3 is 5.97 Å². The summed E-state index contributed by atoms with van der Waals surface area (Å²) in [6, 6.07) is 6.79. The van der Waals surface area contributed by atoms with Crippen LogP contribution in [0.5, 0.6) is 0 Å². The molecule has 100 valence electrons. The minimum absolute atomic E-state index is 0.237. The quantitative estimate of drug-likeness (QED) is 0.549. The highest BCUT2D eigenvalue weighted by molar-refractivity contribution is 5.95. The Hall–Kier alpha value is -2.08. The maximum Gasteiger partial charge on any atom is 0.340 e. The average Bonchev–Trinajstić information content (AvgIpc) is 2.39. The predicted octanol–water partition coefficient (Wildman–Crippen LogP) is 0.935. The monoisotopic (exact) mass is 254 g/mol. The van der Waals surface area contributed by atoms with E-state index in [1.807, 2.05) is 0 Å². The molecule has 0 atom stereocenters. The lowest BCUT2D eigenvalue weighted by molar-refractivity contribution is -0.118. The third-order valence-electron chi connectivity index (χ3n) is 1.80. The number of hydrazine groups is 1. The average molecular weight is 254 g/mol. The highest BCUT2D eigenvalue weighted by Gasteiger charge is 2.11. The number of nitrogens with one attached hydrogen (secondary N) is 2. The number of para-hydroxylation sites is 1. The van der Waals surface area contributed by atoms with Gasteiger partial charge in [0.25, 0.3) is 0 Å². The van der Waals surface area contributed by atoms with E-state index in [-0.39, 0.29) is 5.91 Å². The molecule has 6 nitrogen and oxygen atoms in total. The van der Waals surface area contributed by atoms with E-state index in [9.17, 15) is 9.59 Å². The summed E-state index contributed by atoms with van der Waals surface area (Å²) in [5.41, 5.74) is 5.95. The molecule has 0 spiro atoms. The fourth-order valence-corrected chi connectivity index (χ4v) is 1.13. The van der Waals surface area contributed by atoms with E-state index in [4.69, 9.17) is 9.84 Å². The fraction of sp³-hybridized carbons (Fsp3) is 0.333. The zero-order valence-corrected chi connectivity index (χ0v) is 10.7. The number of hydrogen-bond acceptors (Lipinski definition) is 5. The third kappa shape index (κ3) is 5.31. The fourth-order valence-electron chi connectivity index (χ4n) is 1.13. The topological polar surface area (TPSA) is 87.7 Å². The van der Waals surface area contributed by atoms with Crippen LogP contribution in [-0.4, -0.2) is 30.7 Å². The maximum atomic E-state index is 11.5. The van der Waals surface area contributed by atoms with Crippen molar-refractivity contribution in [3.8, 4) is 0 Å². The molecule has 0 saturated carbocycles. The van der Waals surface area contributed by atoms with Crippen LogP contribution in [0.15, 0.2) is 24.3 Å². The Balaban J connectivity index is 0.00000137. The summed E-state index contributed by atoms with van der Waals surface area (Å²) >= 11 is 0. The molecule has 0 aromatic heterocycles. The molecule has 0 saturated heterocycles. The number of hydrogen-bond donors (Lipinski definition) is 3. The third-order valence-corrected chi connectivity index (χ3v) is 1.80. The molecular formula is C12H18N2O4. The van der Waals surface area contributed by atoms with Crippen molar-refractivity contribution < 1.29 is 19.4 Å². The van der Waals surface area contributed by atoms with Gasteiger partial charge in [-0.1, -0.05) is 12.1 Å². The standard InChI is InChI=1S/C11H14N2O3.CH4O/c1-3-16-11(15)9-6-4-5-7-10(9)13-12-8(2)14;1-2/h4-7,13H,3H2,1-2H3,(H,12,14);2H,1H3. The van der Waals surface area contributed by atoms with Crippen molar-refractivity contribution in [2.45, 2.75) is 13.8 Å². The number of aliphatic hydroxyl groups excluding tert-OH is 1. The van der Waals surface area contributed by atoms with Gasteiger partial charge < -0.3 is 9.84 Å². The maximum absolute atomic E-state index is 11.5. The van der Waals surface area contributed by atoms with Gasteiger partial charge in [0.05, 0.1) is 17.9 Å². The molecule has 6 heteroatoms. The Bertz CT molecular complexity index is 393. The Labute approximate surface area is 106 Å². The van der Waals surface area contributed by atoms with Crippen molar-refractivity contribution in [3.63, 3.8) is 0 Å². The van der Waals surface area contributed by atoms with Crippen molar-refractivity contribution in [3.05, 3.63) is 29.8 Å². The second-order valence-electron chi connectivity index (χ2n) is 3.07. The Kier molecular flexibility index (Phi) is 7.96. The number of carbonyl (C=O) groups is 2. The Morgan fingerprint density at radius 2 is 1.89 bits per heavy atom. The van der Waals surface area contributed by atoms with Crippen LogP contribution < -0.4 is 10.9 Å². The zero-order chi connectivity index (χ0) is 14.0. The van der Waals surface area contributed by atoms with Crippen LogP contribution in [0, 0.1) is 0 Å². The molecule has 0 radical (unpaired) electrons. The number of anilines is 1. The lowest BCUT2D eigenvalue weighted by Gasteiger charge is -2.10. The van der Waals surface area contributed by atoms with Crippen LogP contribution in [0.25, 0.3) is 0 Å². The first-order valence-corrected chi connectivity index (χ1v) is 5.38. The number of esters is 1. The van der Waals surface area contributed by atoms with Gasteiger partial charge in [-0.05, 0) is 19.1 Å². The lowest BCUT2D eigenvalue weighted by Crippen LogP contribution is -2.27. The molecule has 1 aromatic rings. The van der Waals surface area contributed by atoms with E-state index >= 15 is 0 Å². The van der Waals surface area contributed by atoms with Gasteiger partial charge in [0.2, 0.25) is 5.91 Å². The molecule has 0 heterocycles. The summed E-state index contributed by atoms with van der Waals surface area (Å²) in [6.07, 6.45) is 0. The van der Waals surface area contributed by atoms with Crippen LogP contribution >= 0.6 is 0 Å². The second kappa shape index (κ2) is 9.00. The smallest absolute Gasteiger partial charge is 0.340 e. The minimum atomic E-state index is -0.420. The van der Waals surface area contributed by atoms with E-state index in [1.165, 1.54) is 6.92 Å². The predicted molar refractivity (Wildman–Crippen MR) is 68.0 cm³/mol. The first-order valence-electron chi connectivity index (χ1n) is 5.38. The van der Waals surface area contributed by atoms with E-state index < -0.39 is 5.97 Å².